The first-order valence-electron chi connectivity index (χ1n) is 4.49. The highest BCUT2D eigenvalue weighted by atomic mass is 16.4. The standard InChI is InChI=1S/C10H14.CH5BO2/c1-4-7-9-10(6-3)8-5-2;1-2(3)4/h4-7,9H,2-3,8H2,1H3;3-4H,1H3/b7-4-,10-9+;. The summed E-state index contributed by atoms with van der Waals surface area (Å²) < 4.78 is 0. The van der Waals surface area contributed by atoms with Gasteiger partial charge in [-0.3, -0.25) is 0 Å². The van der Waals surface area contributed by atoms with E-state index < -0.39 is 7.12 Å². The minimum Gasteiger partial charge on any atom is -0.427 e. The molecule has 0 saturated carbocycles. The fraction of sp³-hybridized carbons (Fsp3) is 0.273. The van der Waals surface area contributed by atoms with Gasteiger partial charge in [0.05, 0.1) is 0 Å². The number of allylic oxidation sites excluding steroid dienone is 6. The normalized spacial score (nSPS) is 10.4. The van der Waals surface area contributed by atoms with Gasteiger partial charge < -0.3 is 10.0 Å². The van der Waals surface area contributed by atoms with Crippen molar-refractivity contribution in [2.75, 3.05) is 0 Å². The molecule has 0 aromatic heterocycles. The molecule has 3 heteroatoms. The third-order valence-electron chi connectivity index (χ3n) is 1.14. The van der Waals surface area contributed by atoms with Crippen LogP contribution in [0.2, 0.25) is 6.82 Å². The quantitative estimate of drug-likeness (QED) is 0.409. The first-order chi connectivity index (χ1) is 6.58. The molecular formula is C11H19BO2. The maximum absolute atomic E-state index is 7.61. The van der Waals surface area contributed by atoms with Crippen LogP contribution in [0.15, 0.2) is 49.1 Å². The average molecular weight is 194 g/mol. The van der Waals surface area contributed by atoms with Gasteiger partial charge in [-0.05, 0) is 25.7 Å². The molecule has 0 aliphatic rings. The van der Waals surface area contributed by atoms with Crippen molar-refractivity contribution in [1.82, 2.24) is 0 Å². The lowest BCUT2D eigenvalue weighted by Gasteiger charge is -1.91. The topological polar surface area (TPSA) is 40.5 Å². The van der Waals surface area contributed by atoms with Gasteiger partial charge in [-0.2, -0.15) is 0 Å². The van der Waals surface area contributed by atoms with E-state index in [4.69, 9.17) is 10.0 Å². The molecule has 0 spiro atoms. The maximum atomic E-state index is 7.61. The van der Waals surface area contributed by atoms with Crippen LogP contribution in [0.5, 0.6) is 0 Å². The molecule has 14 heavy (non-hydrogen) atoms. The van der Waals surface area contributed by atoms with Gasteiger partial charge in [-0.1, -0.05) is 37.0 Å². The Labute approximate surface area is 87.1 Å². The summed E-state index contributed by atoms with van der Waals surface area (Å²) in [6.45, 7) is 10.6. The molecule has 78 valence electrons. The monoisotopic (exact) mass is 194 g/mol. The van der Waals surface area contributed by atoms with E-state index in [1.54, 1.807) is 0 Å². The Morgan fingerprint density at radius 2 is 1.86 bits per heavy atom. The minimum atomic E-state index is -1.17. The molecule has 0 radical (unpaired) electrons. The van der Waals surface area contributed by atoms with Crippen LogP contribution >= 0.6 is 0 Å². The van der Waals surface area contributed by atoms with Gasteiger partial charge in [-0.15, -0.1) is 6.58 Å². The van der Waals surface area contributed by atoms with E-state index >= 15 is 0 Å². The number of hydrogen-bond acceptors (Lipinski definition) is 2. The fourth-order valence-electron chi connectivity index (χ4n) is 0.606. The second kappa shape index (κ2) is 11.9. The SMILES string of the molecule is C=CC/C(C=C)=C/C=C\C.CB(O)O. The summed E-state index contributed by atoms with van der Waals surface area (Å²) in [7, 11) is -1.17. The Morgan fingerprint density at radius 3 is 2.14 bits per heavy atom. The van der Waals surface area contributed by atoms with Crippen LogP contribution in [0.4, 0.5) is 0 Å². The summed E-state index contributed by atoms with van der Waals surface area (Å²) in [6, 6.07) is 0. The molecule has 0 aromatic carbocycles. The van der Waals surface area contributed by atoms with E-state index in [1.807, 2.05) is 37.3 Å². The lowest BCUT2D eigenvalue weighted by Crippen LogP contribution is -2.00. The van der Waals surface area contributed by atoms with Crippen LogP contribution in [0.25, 0.3) is 0 Å². The first kappa shape index (κ1) is 15.4. The molecule has 0 heterocycles. The molecule has 2 N–H and O–H groups in total. The van der Waals surface area contributed by atoms with E-state index in [0.717, 1.165) is 6.42 Å². The maximum Gasteiger partial charge on any atom is 0.448 e. The predicted octanol–water partition coefficient (Wildman–Crippen LogP) is 2.34. The van der Waals surface area contributed by atoms with Crippen LogP contribution in [-0.2, 0) is 0 Å². The molecule has 0 aliphatic carbocycles. The Bertz CT molecular complexity index is 203. The van der Waals surface area contributed by atoms with E-state index in [0.29, 0.717) is 0 Å². The zero-order valence-corrected chi connectivity index (χ0v) is 8.98. The third kappa shape index (κ3) is 17.1. The summed E-state index contributed by atoms with van der Waals surface area (Å²) in [4.78, 5) is 0. The fourth-order valence-corrected chi connectivity index (χ4v) is 0.606. The molecule has 0 atom stereocenters. The van der Waals surface area contributed by atoms with Crippen molar-refractivity contribution in [1.29, 1.82) is 0 Å². The highest BCUT2D eigenvalue weighted by molar-refractivity contribution is 6.38. The van der Waals surface area contributed by atoms with Gasteiger partial charge >= 0.3 is 7.12 Å². The van der Waals surface area contributed by atoms with E-state index in [9.17, 15) is 0 Å². The zero-order chi connectivity index (χ0) is 11.4. The molecule has 0 aliphatic heterocycles. The van der Waals surface area contributed by atoms with Crippen molar-refractivity contribution < 1.29 is 10.0 Å². The van der Waals surface area contributed by atoms with Crippen molar-refractivity contribution in [2.45, 2.75) is 20.2 Å². The minimum absolute atomic E-state index is 0.897. The van der Waals surface area contributed by atoms with E-state index in [1.165, 1.54) is 12.4 Å². The molecule has 0 unspecified atom stereocenters. The lowest BCUT2D eigenvalue weighted by atomic mass is 9.99. The zero-order valence-electron chi connectivity index (χ0n) is 8.98. The van der Waals surface area contributed by atoms with Gasteiger partial charge in [-0.25, -0.2) is 0 Å². The summed E-state index contributed by atoms with van der Waals surface area (Å²) in [6.07, 6.45) is 10.6. The van der Waals surface area contributed by atoms with Crippen molar-refractivity contribution in [3.05, 3.63) is 49.1 Å². The molecule has 2 nitrogen and oxygen atoms in total. The summed E-state index contributed by atoms with van der Waals surface area (Å²) >= 11 is 0. The summed E-state index contributed by atoms with van der Waals surface area (Å²) in [5, 5.41) is 15.2. The Morgan fingerprint density at radius 1 is 1.36 bits per heavy atom. The molecular weight excluding hydrogens is 175 g/mol. The van der Waals surface area contributed by atoms with Gasteiger partial charge in [0.15, 0.2) is 0 Å². The Kier molecular flexibility index (Phi) is 13.2. The molecule has 0 amide bonds. The average Bonchev–Trinajstić information content (AvgIpc) is 2.11. The van der Waals surface area contributed by atoms with E-state index in [2.05, 4.69) is 13.2 Å². The summed E-state index contributed by atoms with van der Waals surface area (Å²) in [5.41, 5.74) is 1.20. The van der Waals surface area contributed by atoms with Crippen molar-refractivity contribution in [3.63, 3.8) is 0 Å². The molecule has 0 fully saturated rings. The van der Waals surface area contributed by atoms with E-state index in [-0.39, 0.29) is 0 Å². The molecule has 0 saturated heterocycles. The van der Waals surface area contributed by atoms with Crippen molar-refractivity contribution in [3.8, 4) is 0 Å². The van der Waals surface area contributed by atoms with Crippen LogP contribution in [0, 0.1) is 0 Å². The van der Waals surface area contributed by atoms with Gasteiger partial charge in [0.25, 0.3) is 0 Å². The largest absolute Gasteiger partial charge is 0.448 e. The Hall–Kier alpha value is -1.06. The highest BCUT2D eigenvalue weighted by Crippen LogP contribution is 2.02. The first-order valence-corrected chi connectivity index (χ1v) is 4.49. The van der Waals surface area contributed by atoms with Gasteiger partial charge in [0, 0.05) is 0 Å². The number of hydrogen-bond donors (Lipinski definition) is 2. The molecule has 0 bridgehead atoms. The van der Waals surface area contributed by atoms with Crippen molar-refractivity contribution in [2.24, 2.45) is 0 Å². The second-order valence-corrected chi connectivity index (χ2v) is 2.60. The third-order valence-corrected chi connectivity index (χ3v) is 1.14. The number of rotatable bonds is 4. The van der Waals surface area contributed by atoms with Crippen LogP contribution < -0.4 is 0 Å². The predicted molar refractivity (Wildman–Crippen MR) is 64.0 cm³/mol. The van der Waals surface area contributed by atoms with Crippen molar-refractivity contribution >= 4 is 7.12 Å². The Balaban J connectivity index is 0. The van der Waals surface area contributed by atoms with Gasteiger partial charge in [0.1, 0.15) is 0 Å². The molecule has 0 aromatic rings. The van der Waals surface area contributed by atoms with Crippen LogP contribution in [0.1, 0.15) is 13.3 Å². The van der Waals surface area contributed by atoms with Gasteiger partial charge in [0.2, 0.25) is 0 Å². The highest BCUT2D eigenvalue weighted by Gasteiger charge is 1.86. The second-order valence-electron chi connectivity index (χ2n) is 2.60. The van der Waals surface area contributed by atoms with Crippen LogP contribution in [0.3, 0.4) is 0 Å². The smallest absolute Gasteiger partial charge is 0.427 e. The molecule has 0 rings (SSSR count). The lowest BCUT2D eigenvalue weighted by molar-refractivity contribution is 0.417. The van der Waals surface area contributed by atoms with Crippen LogP contribution in [-0.4, -0.2) is 17.2 Å². The summed E-state index contributed by atoms with van der Waals surface area (Å²) in [5.74, 6) is 0.